The van der Waals surface area contributed by atoms with Crippen molar-refractivity contribution < 1.29 is 22.3 Å². The van der Waals surface area contributed by atoms with Gasteiger partial charge in [0.25, 0.3) is 0 Å². The number of alkyl halides is 3. The van der Waals surface area contributed by atoms with Gasteiger partial charge in [-0.2, -0.15) is 23.4 Å². The molecule has 1 aromatic carbocycles. The second-order valence-electron chi connectivity index (χ2n) is 10.7. The van der Waals surface area contributed by atoms with Crippen molar-refractivity contribution in [3.05, 3.63) is 39.5 Å². The topological polar surface area (TPSA) is 92.1 Å². The third-order valence-electron chi connectivity index (χ3n) is 6.92. The van der Waals surface area contributed by atoms with Crippen LogP contribution in [0.15, 0.2) is 22.8 Å². The second kappa shape index (κ2) is 11.3. The van der Waals surface area contributed by atoms with Crippen LogP contribution in [0.1, 0.15) is 43.9 Å². The summed E-state index contributed by atoms with van der Waals surface area (Å²) in [7, 11) is -2.20. The second-order valence-corrected chi connectivity index (χ2v) is 16.3. The number of ether oxygens (including phenoxy) is 1. The van der Waals surface area contributed by atoms with Gasteiger partial charge in [-0.15, -0.1) is 0 Å². The Labute approximate surface area is 225 Å². The summed E-state index contributed by atoms with van der Waals surface area (Å²) in [5, 5.41) is 15.5. The van der Waals surface area contributed by atoms with Crippen LogP contribution in [0.4, 0.5) is 30.6 Å². The first-order chi connectivity index (χ1) is 17.1. The molecule has 1 aliphatic rings. The van der Waals surface area contributed by atoms with E-state index in [2.05, 4.69) is 76.5 Å². The highest BCUT2D eigenvalue weighted by atomic mass is 79.9. The molecule has 2 heterocycles. The summed E-state index contributed by atoms with van der Waals surface area (Å²) in [4.78, 5) is 8.73. The Bertz CT molecular complexity index is 1160. The molecule has 1 saturated heterocycles. The number of hydrogen-bond donors (Lipinski definition) is 2. The van der Waals surface area contributed by atoms with E-state index >= 15 is 0 Å². The number of anilines is 3. The van der Waals surface area contributed by atoms with Crippen LogP contribution in [-0.4, -0.2) is 37.5 Å². The van der Waals surface area contributed by atoms with E-state index < -0.39 is 20.1 Å². The maximum Gasteiger partial charge on any atom is 0.417 e. The number of hydrogen-bond acceptors (Lipinski definition) is 7. The van der Waals surface area contributed by atoms with E-state index in [9.17, 15) is 18.4 Å². The number of halogens is 4. The molecule has 0 aliphatic carbocycles. The Morgan fingerprint density at radius 3 is 2.59 bits per heavy atom. The Kier molecular flexibility index (Phi) is 8.94. The number of aromatic nitrogens is 2. The maximum atomic E-state index is 13.9. The lowest BCUT2D eigenvalue weighted by Crippen LogP contribution is -2.40. The molecule has 3 rings (SSSR count). The van der Waals surface area contributed by atoms with Crippen LogP contribution in [-0.2, 0) is 21.9 Å². The van der Waals surface area contributed by atoms with Crippen LogP contribution >= 0.6 is 15.9 Å². The van der Waals surface area contributed by atoms with Gasteiger partial charge in [-0.05, 0) is 65.1 Å². The maximum absolute atomic E-state index is 13.9. The monoisotopic (exact) mass is 599 g/mol. The quantitative estimate of drug-likeness (QED) is 0.326. The molecule has 2 aromatic rings. The Balaban J connectivity index is 1.90. The normalized spacial score (nSPS) is 18.8. The largest absolute Gasteiger partial charge is 0.417 e. The average Bonchev–Trinajstić information content (AvgIpc) is 2.80. The lowest BCUT2D eigenvalue weighted by Gasteiger charge is -2.36. The van der Waals surface area contributed by atoms with Gasteiger partial charge in [0.1, 0.15) is 5.82 Å². The van der Waals surface area contributed by atoms with E-state index in [0.29, 0.717) is 31.0 Å². The summed E-state index contributed by atoms with van der Waals surface area (Å²) in [5.41, 5.74) is 0.495. The third kappa shape index (κ3) is 7.22. The zero-order valence-electron chi connectivity index (χ0n) is 21.9. The van der Waals surface area contributed by atoms with Gasteiger partial charge < -0.3 is 19.8 Å². The Hall–Kier alpha value is -2.20. The molecule has 37 heavy (non-hydrogen) atoms. The Morgan fingerprint density at radius 1 is 1.27 bits per heavy atom. The molecular weight excluding hydrogens is 567 g/mol. The van der Waals surface area contributed by atoms with Crippen molar-refractivity contribution in [2.24, 2.45) is 5.92 Å². The van der Waals surface area contributed by atoms with Gasteiger partial charge in [-0.3, -0.25) is 0 Å². The summed E-state index contributed by atoms with van der Waals surface area (Å²) in [6.45, 7) is 13.1. The lowest BCUT2D eigenvalue weighted by atomic mass is 9.96. The predicted octanol–water partition coefficient (Wildman–Crippen LogP) is 7.17. The molecule has 202 valence electrons. The number of benzene rings is 1. The van der Waals surface area contributed by atoms with E-state index in [1.807, 2.05) is 6.92 Å². The SMILES string of the molecule is Cc1cnc(Nc2cc(CO[Si](C)(C)C(C)(C)C)c(Br)c(C(F)(F)F)c2)nc1N[C@@H]1COCC[C@H]1C#N. The molecule has 1 aromatic heterocycles. The van der Waals surface area contributed by atoms with Crippen molar-refractivity contribution in [3.63, 3.8) is 0 Å². The van der Waals surface area contributed by atoms with E-state index in [1.54, 1.807) is 12.3 Å². The van der Waals surface area contributed by atoms with Crippen LogP contribution in [0.5, 0.6) is 0 Å². The van der Waals surface area contributed by atoms with Crippen molar-refractivity contribution in [2.45, 2.75) is 71.1 Å². The fourth-order valence-corrected chi connectivity index (χ4v) is 5.05. The molecule has 0 spiro atoms. The fraction of sp³-hybridized carbons (Fsp3) is 0.560. The first kappa shape index (κ1) is 29.4. The summed E-state index contributed by atoms with van der Waals surface area (Å²) in [5.74, 6) is 0.386. The number of rotatable bonds is 7. The Morgan fingerprint density at radius 2 is 1.97 bits per heavy atom. The van der Waals surface area contributed by atoms with Gasteiger partial charge in [0.15, 0.2) is 8.32 Å². The molecule has 0 bridgehead atoms. The van der Waals surface area contributed by atoms with Gasteiger partial charge >= 0.3 is 6.18 Å². The highest BCUT2D eigenvalue weighted by Crippen LogP contribution is 2.41. The van der Waals surface area contributed by atoms with E-state index in [-0.39, 0.29) is 39.7 Å². The minimum Gasteiger partial charge on any atom is -0.413 e. The van der Waals surface area contributed by atoms with Crippen LogP contribution in [0, 0.1) is 24.2 Å². The van der Waals surface area contributed by atoms with E-state index in [0.717, 1.165) is 11.6 Å². The van der Waals surface area contributed by atoms with Gasteiger partial charge in [0.2, 0.25) is 5.95 Å². The first-order valence-electron chi connectivity index (χ1n) is 12.0. The van der Waals surface area contributed by atoms with Gasteiger partial charge in [0, 0.05) is 28.5 Å². The van der Waals surface area contributed by atoms with E-state index in [4.69, 9.17) is 9.16 Å². The zero-order valence-corrected chi connectivity index (χ0v) is 24.5. The van der Waals surface area contributed by atoms with Crippen molar-refractivity contribution >= 4 is 41.7 Å². The highest BCUT2D eigenvalue weighted by Gasteiger charge is 2.38. The molecule has 12 heteroatoms. The van der Waals surface area contributed by atoms with Crippen molar-refractivity contribution in [1.29, 1.82) is 5.26 Å². The number of nitrogens with one attached hydrogen (secondary N) is 2. The molecule has 7 nitrogen and oxygen atoms in total. The van der Waals surface area contributed by atoms with Crippen LogP contribution in [0.2, 0.25) is 18.1 Å². The molecular formula is C25H33BrF3N5O2Si. The highest BCUT2D eigenvalue weighted by molar-refractivity contribution is 9.10. The summed E-state index contributed by atoms with van der Waals surface area (Å²) in [6.07, 6.45) is -2.38. The average molecular weight is 601 g/mol. The molecule has 0 amide bonds. The number of aryl methyl sites for hydroxylation is 1. The zero-order chi connectivity index (χ0) is 27.6. The standard InChI is InChI=1S/C25H33BrF3N5O2Si/c1-15-12-31-23(34-22(15)33-20-14-35-8-7-16(20)11-30)32-18-9-17(13-36-37(5,6)24(2,3)4)21(26)19(10-18)25(27,28)29/h9-10,12,16,20H,7-8,13-14H2,1-6H3,(H2,31,32,33,34)/t16-,20+/m0/s1. The first-order valence-corrected chi connectivity index (χ1v) is 15.7. The van der Waals surface area contributed by atoms with E-state index in [1.165, 1.54) is 0 Å². The summed E-state index contributed by atoms with van der Waals surface area (Å²) in [6, 6.07) is 4.68. The molecule has 0 saturated carbocycles. The summed E-state index contributed by atoms with van der Waals surface area (Å²) < 4.78 is 53.3. The van der Waals surface area contributed by atoms with Crippen LogP contribution in [0.25, 0.3) is 0 Å². The fourth-order valence-electron chi connectivity index (χ4n) is 3.53. The minimum absolute atomic E-state index is 0.0362. The van der Waals surface area contributed by atoms with Crippen molar-refractivity contribution in [2.75, 3.05) is 23.8 Å². The smallest absolute Gasteiger partial charge is 0.413 e. The molecule has 0 radical (unpaired) electrons. The number of nitrogens with zero attached hydrogens (tertiary/aromatic N) is 3. The predicted molar refractivity (Wildman–Crippen MR) is 143 cm³/mol. The molecule has 1 aliphatic heterocycles. The molecule has 1 fully saturated rings. The van der Waals surface area contributed by atoms with Crippen LogP contribution in [0.3, 0.4) is 0 Å². The van der Waals surface area contributed by atoms with Crippen molar-refractivity contribution in [3.8, 4) is 6.07 Å². The molecule has 2 N–H and O–H groups in total. The summed E-state index contributed by atoms with van der Waals surface area (Å²) >= 11 is 3.15. The van der Waals surface area contributed by atoms with Gasteiger partial charge in [-0.25, -0.2) is 4.98 Å². The van der Waals surface area contributed by atoms with Gasteiger partial charge in [0.05, 0.1) is 36.8 Å². The van der Waals surface area contributed by atoms with Crippen molar-refractivity contribution in [1.82, 2.24) is 9.97 Å². The van der Waals surface area contributed by atoms with Gasteiger partial charge in [-0.1, -0.05) is 20.8 Å². The third-order valence-corrected chi connectivity index (χ3v) is 12.3. The minimum atomic E-state index is -4.57. The molecule has 2 atom stereocenters. The molecule has 0 unspecified atom stereocenters. The lowest BCUT2D eigenvalue weighted by molar-refractivity contribution is -0.138. The van der Waals surface area contributed by atoms with Crippen LogP contribution < -0.4 is 10.6 Å². The number of nitriles is 1.